The SMILES string of the molecule is CCOc1cc(C2/C(=C(\O)c3cc(C)cc(C)c3OC)C(=O)C(=O)N2c2ccc(F)cc2F)ccc1OC. The highest BCUT2D eigenvalue weighted by molar-refractivity contribution is 6.51. The molecule has 0 radical (unpaired) electrons. The van der Waals surface area contributed by atoms with Crippen LogP contribution in [0.25, 0.3) is 5.76 Å². The summed E-state index contributed by atoms with van der Waals surface area (Å²) in [5.41, 5.74) is 1.41. The topological polar surface area (TPSA) is 85.3 Å². The van der Waals surface area contributed by atoms with Gasteiger partial charge in [-0.05, 0) is 67.8 Å². The number of Topliss-reactive ketones (excluding diaryl/α,β-unsaturated/α-hetero) is 1. The van der Waals surface area contributed by atoms with Crippen molar-refractivity contribution in [2.45, 2.75) is 26.8 Å². The molecular weight excluding hydrogens is 496 g/mol. The van der Waals surface area contributed by atoms with Gasteiger partial charge in [-0.25, -0.2) is 8.78 Å². The number of hydrogen-bond acceptors (Lipinski definition) is 6. The van der Waals surface area contributed by atoms with E-state index in [1.54, 1.807) is 38.1 Å². The van der Waals surface area contributed by atoms with E-state index in [4.69, 9.17) is 14.2 Å². The van der Waals surface area contributed by atoms with Crippen LogP contribution >= 0.6 is 0 Å². The quantitative estimate of drug-likeness (QED) is 0.246. The Bertz CT molecular complexity index is 1470. The smallest absolute Gasteiger partial charge is 0.300 e. The number of hydrogen-bond donors (Lipinski definition) is 1. The summed E-state index contributed by atoms with van der Waals surface area (Å²) in [6.45, 7) is 5.67. The minimum atomic E-state index is -1.27. The van der Waals surface area contributed by atoms with Crippen LogP contribution in [0.15, 0.2) is 54.1 Å². The van der Waals surface area contributed by atoms with Crippen LogP contribution in [0.4, 0.5) is 14.5 Å². The van der Waals surface area contributed by atoms with E-state index in [0.717, 1.165) is 22.6 Å². The lowest BCUT2D eigenvalue weighted by molar-refractivity contribution is -0.132. The third-order valence-electron chi connectivity index (χ3n) is 6.30. The fraction of sp³-hybridized carbons (Fsp3) is 0.241. The molecule has 1 aliphatic heterocycles. The summed E-state index contributed by atoms with van der Waals surface area (Å²) >= 11 is 0. The van der Waals surface area contributed by atoms with E-state index in [1.807, 2.05) is 13.0 Å². The lowest BCUT2D eigenvalue weighted by Crippen LogP contribution is -2.30. The zero-order chi connectivity index (χ0) is 27.7. The van der Waals surface area contributed by atoms with Gasteiger partial charge in [-0.3, -0.25) is 14.5 Å². The van der Waals surface area contributed by atoms with Gasteiger partial charge in [0.1, 0.15) is 23.1 Å². The van der Waals surface area contributed by atoms with Crippen LogP contribution < -0.4 is 19.1 Å². The third kappa shape index (κ3) is 4.55. The van der Waals surface area contributed by atoms with Crippen LogP contribution in [0.5, 0.6) is 17.2 Å². The van der Waals surface area contributed by atoms with Crippen molar-refractivity contribution in [2.24, 2.45) is 0 Å². The average Bonchev–Trinajstić information content (AvgIpc) is 3.13. The lowest BCUT2D eigenvalue weighted by atomic mass is 9.93. The number of aryl methyl sites for hydroxylation is 2. The summed E-state index contributed by atoms with van der Waals surface area (Å²) in [4.78, 5) is 27.8. The first-order valence-corrected chi connectivity index (χ1v) is 11.8. The van der Waals surface area contributed by atoms with Crippen molar-refractivity contribution in [1.82, 2.24) is 0 Å². The fourth-order valence-electron chi connectivity index (χ4n) is 4.75. The van der Waals surface area contributed by atoms with Gasteiger partial charge in [0, 0.05) is 6.07 Å². The molecule has 0 aromatic heterocycles. The van der Waals surface area contributed by atoms with Crippen molar-refractivity contribution >= 4 is 23.1 Å². The molecule has 3 aromatic rings. The molecule has 1 fully saturated rings. The number of rotatable bonds is 7. The monoisotopic (exact) mass is 523 g/mol. The number of ether oxygens (including phenoxy) is 3. The van der Waals surface area contributed by atoms with Crippen molar-refractivity contribution in [3.8, 4) is 17.2 Å². The second-order valence-corrected chi connectivity index (χ2v) is 8.77. The van der Waals surface area contributed by atoms with E-state index < -0.39 is 35.1 Å². The van der Waals surface area contributed by atoms with Gasteiger partial charge < -0.3 is 19.3 Å². The summed E-state index contributed by atoms with van der Waals surface area (Å²) in [7, 11) is 2.89. The van der Waals surface area contributed by atoms with E-state index >= 15 is 0 Å². The normalized spacial score (nSPS) is 16.6. The van der Waals surface area contributed by atoms with E-state index in [-0.39, 0.29) is 16.8 Å². The standard InChI is InChI=1S/C29H27F2NO6/c1-6-38-23-13-17(7-10-22(23)36-4)25-24(26(33)19-12-15(2)11-16(3)28(19)37-5)27(34)29(35)32(25)21-9-8-18(30)14-20(21)31/h7-14,25,33H,6H2,1-5H3/b26-24+. The van der Waals surface area contributed by atoms with Gasteiger partial charge in [0.2, 0.25) is 0 Å². The van der Waals surface area contributed by atoms with Crippen LogP contribution in [0.3, 0.4) is 0 Å². The van der Waals surface area contributed by atoms with Gasteiger partial charge in [0.05, 0.1) is 43.7 Å². The molecule has 1 saturated heterocycles. The van der Waals surface area contributed by atoms with Crippen LogP contribution in [0, 0.1) is 25.5 Å². The molecule has 0 aliphatic carbocycles. The van der Waals surface area contributed by atoms with Gasteiger partial charge in [0.15, 0.2) is 11.5 Å². The summed E-state index contributed by atoms with van der Waals surface area (Å²) < 4.78 is 45.3. The van der Waals surface area contributed by atoms with E-state index in [0.29, 0.717) is 41.0 Å². The molecule has 4 rings (SSSR count). The number of halogens is 2. The number of carbonyl (C=O) groups excluding carboxylic acids is 2. The molecule has 198 valence electrons. The van der Waals surface area contributed by atoms with Crippen molar-refractivity contribution in [3.05, 3.63) is 88.0 Å². The highest BCUT2D eigenvalue weighted by atomic mass is 19.1. The largest absolute Gasteiger partial charge is 0.507 e. The van der Waals surface area contributed by atoms with Gasteiger partial charge in [0.25, 0.3) is 11.7 Å². The molecule has 7 nitrogen and oxygen atoms in total. The number of aliphatic hydroxyl groups excluding tert-OH is 1. The van der Waals surface area contributed by atoms with Crippen LogP contribution in [-0.4, -0.2) is 37.6 Å². The first kappa shape index (κ1) is 26.7. The van der Waals surface area contributed by atoms with Crippen molar-refractivity contribution in [3.63, 3.8) is 0 Å². The molecule has 1 N–H and O–H groups in total. The van der Waals surface area contributed by atoms with Crippen LogP contribution in [0.1, 0.15) is 35.2 Å². The third-order valence-corrected chi connectivity index (χ3v) is 6.30. The van der Waals surface area contributed by atoms with Crippen molar-refractivity contribution < 1.29 is 37.7 Å². The van der Waals surface area contributed by atoms with Crippen LogP contribution in [-0.2, 0) is 9.59 Å². The molecule has 1 aliphatic rings. The highest BCUT2D eigenvalue weighted by Crippen LogP contribution is 2.46. The Morgan fingerprint density at radius 3 is 2.34 bits per heavy atom. The molecular formula is C29H27F2NO6. The Labute approximate surface area is 218 Å². The number of nitrogens with zero attached hydrogens (tertiary/aromatic N) is 1. The second-order valence-electron chi connectivity index (χ2n) is 8.77. The molecule has 1 amide bonds. The van der Waals surface area contributed by atoms with E-state index in [2.05, 4.69) is 0 Å². The van der Waals surface area contributed by atoms with E-state index in [9.17, 15) is 23.5 Å². The van der Waals surface area contributed by atoms with Gasteiger partial charge >= 0.3 is 0 Å². The zero-order valence-electron chi connectivity index (χ0n) is 21.6. The number of amides is 1. The van der Waals surface area contributed by atoms with E-state index in [1.165, 1.54) is 14.2 Å². The number of methoxy groups -OCH3 is 2. The summed E-state index contributed by atoms with van der Waals surface area (Å²) in [5, 5.41) is 11.5. The fourth-order valence-corrected chi connectivity index (χ4v) is 4.75. The zero-order valence-corrected chi connectivity index (χ0v) is 21.6. The summed E-state index contributed by atoms with van der Waals surface area (Å²) in [5.74, 6) is -3.46. The van der Waals surface area contributed by atoms with Crippen molar-refractivity contribution in [2.75, 3.05) is 25.7 Å². The molecule has 0 bridgehead atoms. The Balaban J connectivity index is 2.05. The molecule has 0 spiro atoms. The molecule has 0 saturated carbocycles. The predicted molar refractivity (Wildman–Crippen MR) is 138 cm³/mol. The Morgan fingerprint density at radius 2 is 1.71 bits per heavy atom. The Morgan fingerprint density at radius 1 is 0.974 bits per heavy atom. The predicted octanol–water partition coefficient (Wildman–Crippen LogP) is 5.62. The number of carbonyl (C=O) groups is 2. The highest BCUT2D eigenvalue weighted by Gasteiger charge is 2.48. The molecule has 1 atom stereocenters. The summed E-state index contributed by atoms with van der Waals surface area (Å²) in [6, 6.07) is 9.61. The molecule has 9 heteroatoms. The van der Waals surface area contributed by atoms with Gasteiger partial charge in [-0.1, -0.05) is 12.1 Å². The van der Waals surface area contributed by atoms with Gasteiger partial charge in [-0.15, -0.1) is 0 Å². The van der Waals surface area contributed by atoms with Crippen LogP contribution in [0.2, 0.25) is 0 Å². The molecule has 3 aromatic carbocycles. The second kappa shape index (κ2) is 10.5. The molecule has 1 heterocycles. The Hall–Kier alpha value is -4.40. The first-order valence-electron chi connectivity index (χ1n) is 11.8. The average molecular weight is 524 g/mol. The maximum absolute atomic E-state index is 15.0. The number of ketones is 1. The number of anilines is 1. The first-order chi connectivity index (χ1) is 18.1. The summed E-state index contributed by atoms with van der Waals surface area (Å²) in [6.07, 6.45) is 0. The Kier molecular flexibility index (Phi) is 7.39. The lowest BCUT2D eigenvalue weighted by Gasteiger charge is -2.26. The number of aliphatic hydroxyl groups is 1. The maximum atomic E-state index is 15.0. The minimum Gasteiger partial charge on any atom is -0.507 e. The maximum Gasteiger partial charge on any atom is 0.300 e. The van der Waals surface area contributed by atoms with Gasteiger partial charge in [-0.2, -0.15) is 0 Å². The van der Waals surface area contributed by atoms with Crippen molar-refractivity contribution in [1.29, 1.82) is 0 Å². The minimum absolute atomic E-state index is 0.200. The number of benzene rings is 3. The molecule has 38 heavy (non-hydrogen) atoms. The molecule has 1 unspecified atom stereocenters.